The van der Waals surface area contributed by atoms with Gasteiger partial charge in [-0.05, 0) is 54.4 Å². The number of amides is 3. The Morgan fingerprint density at radius 3 is 2.49 bits per heavy atom. The number of likely N-dealkylation sites (tertiary alicyclic amines) is 1. The lowest BCUT2D eigenvalue weighted by molar-refractivity contribution is -0.129. The van der Waals surface area contributed by atoms with Crippen molar-refractivity contribution in [2.45, 2.75) is 31.7 Å². The van der Waals surface area contributed by atoms with Crippen LogP contribution in [0.4, 0.5) is 8.78 Å². The van der Waals surface area contributed by atoms with E-state index in [2.05, 4.69) is 15.6 Å². The van der Waals surface area contributed by atoms with E-state index in [0.29, 0.717) is 30.2 Å². The van der Waals surface area contributed by atoms with Crippen molar-refractivity contribution in [1.82, 2.24) is 20.5 Å². The van der Waals surface area contributed by atoms with Crippen LogP contribution in [0.25, 0.3) is 0 Å². The first-order chi connectivity index (χ1) is 19.8. The van der Waals surface area contributed by atoms with Crippen molar-refractivity contribution in [3.63, 3.8) is 0 Å². The summed E-state index contributed by atoms with van der Waals surface area (Å²) in [5.41, 5.74) is 1.08. The summed E-state index contributed by atoms with van der Waals surface area (Å²) in [6.07, 6.45) is 2.86. The van der Waals surface area contributed by atoms with E-state index in [0.717, 1.165) is 37.0 Å². The average Bonchev–Trinajstić information content (AvgIpc) is 3.40. The zero-order valence-electron chi connectivity index (χ0n) is 22.4. The van der Waals surface area contributed by atoms with E-state index < -0.39 is 23.8 Å². The number of rotatable bonds is 8. The maximum Gasteiger partial charge on any atom is 0.258 e. The minimum absolute atomic E-state index is 0.0959. The third kappa shape index (κ3) is 6.73. The van der Waals surface area contributed by atoms with Gasteiger partial charge >= 0.3 is 0 Å². The van der Waals surface area contributed by atoms with Gasteiger partial charge in [0, 0.05) is 30.2 Å². The van der Waals surface area contributed by atoms with E-state index in [9.17, 15) is 23.2 Å². The monoisotopic (exact) mass is 580 g/mol. The van der Waals surface area contributed by atoms with E-state index in [1.807, 2.05) is 30.3 Å². The normalized spacial score (nSPS) is 20.7. The van der Waals surface area contributed by atoms with Crippen LogP contribution in [0, 0.1) is 29.6 Å². The van der Waals surface area contributed by atoms with Gasteiger partial charge in [-0.15, -0.1) is 0 Å². The quantitative estimate of drug-likeness (QED) is 0.377. The summed E-state index contributed by atoms with van der Waals surface area (Å²) in [5, 5.41) is 6.25. The van der Waals surface area contributed by atoms with Crippen LogP contribution < -0.4 is 10.6 Å². The summed E-state index contributed by atoms with van der Waals surface area (Å²) >= 11 is 6.42. The molecule has 2 aliphatic rings. The molecule has 1 aliphatic heterocycles. The SMILES string of the molecule is O=C(Cc1ccccc1)N[C@@H](C(=O)NC[C@H]1CCC[C@@H]2CN(C(=O)c3ccc(F)nc3F)C[C@H]12)c1ccccc1Cl. The highest BCUT2D eigenvalue weighted by molar-refractivity contribution is 6.31. The Morgan fingerprint density at radius 1 is 0.976 bits per heavy atom. The molecule has 2 N–H and O–H groups in total. The van der Waals surface area contributed by atoms with Crippen molar-refractivity contribution in [2.24, 2.45) is 17.8 Å². The summed E-state index contributed by atoms with van der Waals surface area (Å²) in [5.74, 6) is -2.84. The molecular formula is C31H31ClF2N4O3. The third-order valence-corrected chi connectivity index (χ3v) is 8.45. The molecule has 214 valence electrons. The second-order valence-corrected chi connectivity index (χ2v) is 11.1. The predicted octanol–water partition coefficient (Wildman–Crippen LogP) is 4.72. The highest BCUT2D eigenvalue weighted by Gasteiger charge is 2.42. The lowest BCUT2D eigenvalue weighted by atomic mass is 9.74. The molecule has 2 fully saturated rings. The van der Waals surface area contributed by atoms with Crippen LogP contribution in [-0.2, 0) is 16.0 Å². The van der Waals surface area contributed by atoms with Crippen LogP contribution in [0.2, 0.25) is 5.02 Å². The Morgan fingerprint density at radius 2 is 1.73 bits per heavy atom. The molecule has 0 unspecified atom stereocenters. The first-order valence-electron chi connectivity index (χ1n) is 13.8. The number of pyridine rings is 1. The van der Waals surface area contributed by atoms with Gasteiger partial charge in [-0.2, -0.15) is 13.8 Å². The van der Waals surface area contributed by atoms with Gasteiger partial charge in [0.2, 0.25) is 23.7 Å². The van der Waals surface area contributed by atoms with E-state index in [1.54, 1.807) is 29.2 Å². The van der Waals surface area contributed by atoms with Gasteiger partial charge in [0.1, 0.15) is 6.04 Å². The maximum absolute atomic E-state index is 14.2. The summed E-state index contributed by atoms with van der Waals surface area (Å²) in [6, 6.07) is 17.3. The van der Waals surface area contributed by atoms with E-state index in [-0.39, 0.29) is 41.6 Å². The minimum Gasteiger partial charge on any atom is -0.354 e. The van der Waals surface area contributed by atoms with Gasteiger partial charge in [-0.25, -0.2) is 0 Å². The van der Waals surface area contributed by atoms with Crippen LogP contribution >= 0.6 is 11.6 Å². The summed E-state index contributed by atoms with van der Waals surface area (Å²) < 4.78 is 27.4. The van der Waals surface area contributed by atoms with Crippen molar-refractivity contribution in [3.05, 3.63) is 100 Å². The Bertz CT molecular complexity index is 1420. The molecule has 5 rings (SSSR count). The number of halogens is 3. The fourth-order valence-corrected chi connectivity index (χ4v) is 6.32. The Balaban J connectivity index is 1.25. The largest absolute Gasteiger partial charge is 0.354 e. The average molecular weight is 581 g/mol. The van der Waals surface area contributed by atoms with Crippen molar-refractivity contribution < 1.29 is 23.2 Å². The second kappa shape index (κ2) is 12.8. The third-order valence-electron chi connectivity index (χ3n) is 8.11. The maximum atomic E-state index is 14.2. The van der Waals surface area contributed by atoms with Crippen LogP contribution in [0.3, 0.4) is 0 Å². The Kier molecular flexibility index (Phi) is 8.93. The number of fused-ring (bicyclic) bond motifs is 1. The van der Waals surface area contributed by atoms with Gasteiger partial charge < -0.3 is 15.5 Å². The molecule has 2 aromatic carbocycles. The van der Waals surface area contributed by atoms with E-state index >= 15 is 0 Å². The number of nitrogens with zero attached hydrogens (tertiary/aromatic N) is 2. The van der Waals surface area contributed by atoms with Crippen LogP contribution in [0.15, 0.2) is 66.7 Å². The van der Waals surface area contributed by atoms with Crippen molar-refractivity contribution in [1.29, 1.82) is 0 Å². The molecule has 10 heteroatoms. The molecule has 0 radical (unpaired) electrons. The molecule has 7 nitrogen and oxygen atoms in total. The van der Waals surface area contributed by atoms with Crippen molar-refractivity contribution in [3.8, 4) is 0 Å². The molecule has 41 heavy (non-hydrogen) atoms. The molecule has 3 amide bonds. The fourth-order valence-electron chi connectivity index (χ4n) is 6.07. The molecule has 1 aromatic heterocycles. The summed E-state index contributed by atoms with van der Waals surface area (Å²) in [4.78, 5) is 44.2. The molecule has 1 saturated heterocycles. The number of nitrogens with one attached hydrogen (secondary N) is 2. The molecule has 2 heterocycles. The standard InChI is InChI=1S/C31H31ClF2N4O3/c32-25-12-5-4-11-22(25)28(37-27(39)15-19-7-2-1-3-8-19)30(40)35-16-20-9-6-10-21-17-38(18-24(20)21)31(41)23-13-14-26(33)36-29(23)34/h1-5,7-8,11-14,20-21,24,28H,6,9-10,15-18H2,(H,35,40)(H,37,39)/t20-,21-,24-,28-/m1/s1. The molecule has 1 aliphatic carbocycles. The van der Waals surface area contributed by atoms with Crippen molar-refractivity contribution >= 4 is 29.3 Å². The smallest absolute Gasteiger partial charge is 0.258 e. The fraction of sp³-hybridized carbons (Fsp3) is 0.355. The Labute approximate surface area is 242 Å². The number of benzene rings is 2. The molecule has 4 atom stereocenters. The highest BCUT2D eigenvalue weighted by atomic mass is 35.5. The number of hydrogen-bond donors (Lipinski definition) is 2. The van der Waals surface area contributed by atoms with E-state index in [4.69, 9.17) is 11.6 Å². The number of hydrogen-bond acceptors (Lipinski definition) is 4. The van der Waals surface area contributed by atoms with Crippen LogP contribution in [-0.4, -0.2) is 47.2 Å². The lowest BCUT2D eigenvalue weighted by Gasteiger charge is -2.33. The van der Waals surface area contributed by atoms with Crippen molar-refractivity contribution in [2.75, 3.05) is 19.6 Å². The van der Waals surface area contributed by atoms with Crippen LogP contribution in [0.1, 0.15) is 46.8 Å². The number of aromatic nitrogens is 1. The number of carbonyl (C=O) groups is 3. The van der Waals surface area contributed by atoms with Gasteiger partial charge in [0.15, 0.2) is 0 Å². The summed E-state index contributed by atoms with van der Waals surface area (Å²) in [7, 11) is 0. The lowest BCUT2D eigenvalue weighted by Crippen LogP contribution is -2.44. The number of carbonyl (C=O) groups excluding carboxylic acids is 3. The van der Waals surface area contributed by atoms with Gasteiger partial charge in [-0.1, -0.05) is 66.6 Å². The molecule has 1 saturated carbocycles. The first kappa shape index (κ1) is 28.7. The first-order valence-corrected chi connectivity index (χ1v) is 14.1. The molecule has 0 spiro atoms. The Hall–Kier alpha value is -3.85. The van der Waals surface area contributed by atoms with E-state index in [1.165, 1.54) is 0 Å². The summed E-state index contributed by atoms with van der Waals surface area (Å²) in [6.45, 7) is 1.26. The second-order valence-electron chi connectivity index (χ2n) is 10.7. The zero-order valence-corrected chi connectivity index (χ0v) is 23.1. The van der Waals surface area contributed by atoms with Crippen LogP contribution in [0.5, 0.6) is 0 Å². The zero-order chi connectivity index (χ0) is 28.9. The van der Waals surface area contributed by atoms with Gasteiger partial charge in [-0.3, -0.25) is 14.4 Å². The molecular weight excluding hydrogens is 550 g/mol. The predicted molar refractivity (Wildman–Crippen MR) is 150 cm³/mol. The molecule has 0 bridgehead atoms. The highest BCUT2D eigenvalue weighted by Crippen LogP contribution is 2.40. The van der Waals surface area contributed by atoms with Gasteiger partial charge in [0.25, 0.3) is 5.91 Å². The van der Waals surface area contributed by atoms with Gasteiger partial charge in [0.05, 0.1) is 12.0 Å². The topological polar surface area (TPSA) is 91.4 Å². The molecule has 3 aromatic rings. The minimum atomic E-state index is -1.12.